The van der Waals surface area contributed by atoms with Crippen molar-refractivity contribution in [3.05, 3.63) is 71.8 Å². The zero-order valence-electron chi connectivity index (χ0n) is 15.7. The molecule has 0 bridgehead atoms. The Labute approximate surface area is 157 Å². The molecular weight excluding hydrogens is 320 g/mol. The molecule has 0 atom stereocenters. The van der Waals surface area contributed by atoms with Gasteiger partial charge in [-0.25, -0.2) is 0 Å². The summed E-state index contributed by atoms with van der Waals surface area (Å²) in [7, 11) is 1.99. The van der Waals surface area contributed by atoms with Crippen LogP contribution in [0.1, 0.15) is 30.4 Å². The van der Waals surface area contributed by atoms with Crippen LogP contribution in [0.15, 0.2) is 60.7 Å². The smallest absolute Gasteiger partial charge is 0.222 e. The van der Waals surface area contributed by atoms with Crippen molar-refractivity contribution in [2.24, 2.45) is 5.92 Å². The quantitative estimate of drug-likeness (QED) is 0.826. The van der Waals surface area contributed by atoms with Gasteiger partial charge in [0, 0.05) is 19.5 Å². The molecule has 3 nitrogen and oxygen atoms in total. The molecule has 0 spiro atoms. The second kappa shape index (κ2) is 9.54. The zero-order chi connectivity index (χ0) is 18.2. The molecule has 1 aliphatic rings. The third-order valence-corrected chi connectivity index (χ3v) is 5.45. The van der Waals surface area contributed by atoms with E-state index < -0.39 is 0 Å². The van der Waals surface area contributed by atoms with Crippen LogP contribution >= 0.6 is 0 Å². The fourth-order valence-electron chi connectivity index (χ4n) is 3.90. The Balaban J connectivity index is 1.66. The van der Waals surface area contributed by atoms with Gasteiger partial charge in [0.05, 0.1) is 0 Å². The van der Waals surface area contributed by atoms with Crippen LogP contribution in [0, 0.1) is 5.92 Å². The van der Waals surface area contributed by atoms with Crippen LogP contribution in [0.4, 0.5) is 0 Å². The van der Waals surface area contributed by atoms with Crippen LogP contribution in [0.3, 0.4) is 0 Å². The minimum Gasteiger partial charge on any atom is -0.343 e. The van der Waals surface area contributed by atoms with Crippen LogP contribution in [0.5, 0.6) is 0 Å². The maximum Gasteiger partial charge on any atom is 0.222 e. The zero-order valence-corrected chi connectivity index (χ0v) is 15.7. The van der Waals surface area contributed by atoms with Crippen molar-refractivity contribution in [1.29, 1.82) is 0 Å². The molecule has 0 saturated carbocycles. The van der Waals surface area contributed by atoms with Crippen LogP contribution < -0.4 is 5.32 Å². The maximum absolute atomic E-state index is 12.9. The summed E-state index contributed by atoms with van der Waals surface area (Å²) in [5.41, 5.74) is 2.62. The van der Waals surface area contributed by atoms with E-state index in [1.807, 2.05) is 24.1 Å². The lowest BCUT2D eigenvalue weighted by Crippen LogP contribution is -2.44. The molecule has 0 radical (unpaired) electrons. The third-order valence-electron chi connectivity index (χ3n) is 5.45. The van der Waals surface area contributed by atoms with Gasteiger partial charge in [0.15, 0.2) is 0 Å². The highest BCUT2D eigenvalue weighted by atomic mass is 16.2. The van der Waals surface area contributed by atoms with E-state index in [-0.39, 0.29) is 5.91 Å². The van der Waals surface area contributed by atoms with Crippen molar-refractivity contribution in [3.8, 4) is 0 Å². The Kier molecular flexibility index (Phi) is 6.84. The SMILES string of the molecule is CN(C(=O)CC(Cc1ccccc1)Cc1ccccc1)C1CCNCC1. The lowest BCUT2D eigenvalue weighted by molar-refractivity contribution is -0.133. The largest absolute Gasteiger partial charge is 0.343 e. The minimum absolute atomic E-state index is 0.286. The number of amides is 1. The normalized spacial score (nSPS) is 15.2. The van der Waals surface area contributed by atoms with Gasteiger partial charge in [0.1, 0.15) is 0 Å². The van der Waals surface area contributed by atoms with Crippen molar-refractivity contribution in [3.63, 3.8) is 0 Å². The molecular formula is C23H30N2O. The first kappa shape index (κ1) is 18.7. The number of piperidine rings is 1. The second-order valence-electron chi connectivity index (χ2n) is 7.44. The summed E-state index contributed by atoms with van der Waals surface area (Å²) in [5.74, 6) is 0.616. The van der Waals surface area contributed by atoms with E-state index in [0.29, 0.717) is 18.4 Å². The summed E-state index contributed by atoms with van der Waals surface area (Å²) in [6.45, 7) is 2.03. The van der Waals surface area contributed by atoms with E-state index in [4.69, 9.17) is 0 Å². The topological polar surface area (TPSA) is 32.3 Å². The number of carbonyl (C=O) groups excluding carboxylic acids is 1. The lowest BCUT2D eigenvalue weighted by atomic mass is 9.89. The van der Waals surface area contributed by atoms with Gasteiger partial charge in [-0.1, -0.05) is 60.7 Å². The Bertz CT molecular complexity index is 624. The van der Waals surface area contributed by atoms with Gasteiger partial charge in [0.25, 0.3) is 0 Å². The number of hydrogen-bond acceptors (Lipinski definition) is 2. The fraction of sp³-hybridized carbons (Fsp3) is 0.435. The molecule has 2 aromatic carbocycles. The number of benzene rings is 2. The van der Waals surface area contributed by atoms with Crippen molar-refractivity contribution in [1.82, 2.24) is 10.2 Å². The molecule has 0 aliphatic carbocycles. The molecule has 3 rings (SSSR count). The van der Waals surface area contributed by atoms with E-state index in [1.165, 1.54) is 11.1 Å². The predicted octanol–water partition coefficient (Wildman–Crippen LogP) is 3.69. The summed E-state index contributed by atoms with van der Waals surface area (Å²) < 4.78 is 0. The molecule has 26 heavy (non-hydrogen) atoms. The van der Waals surface area contributed by atoms with Gasteiger partial charge in [-0.3, -0.25) is 4.79 Å². The number of nitrogens with zero attached hydrogens (tertiary/aromatic N) is 1. The first-order valence-corrected chi connectivity index (χ1v) is 9.76. The van der Waals surface area contributed by atoms with Crippen LogP contribution in [-0.2, 0) is 17.6 Å². The average molecular weight is 351 g/mol. The third kappa shape index (κ3) is 5.43. The molecule has 1 heterocycles. The van der Waals surface area contributed by atoms with Gasteiger partial charge in [-0.05, 0) is 55.8 Å². The molecule has 3 heteroatoms. The van der Waals surface area contributed by atoms with E-state index in [2.05, 4.69) is 53.8 Å². The molecule has 1 fully saturated rings. The van der Waals surface area contributed by atoms with Gasteiger partial charge < -0.3 is 10.2 Å². The number of carbonyl (C=O) groups is 1. The van der Waals surface area contributed by atoms with E-state index in [9.17, 15) is 4.79 Å². The molecule has 1 aliphatic heterocycles. The predicted molar refractivity (Wildman–Crippen MR) is 107 cm³/mol. The summed E-state index contributed by atoms with van der Waals surface area (Å²) in [5, 5.41) is 3.38. The van der Waals surface area contributed by atoms with Gasteiger partial charge in [0.2, 0.25) is 5.91 Å². The molecule has 2 aromatic rings. The van der Waals surface area contributed by atoms with Crippen LogP contribution in [0.2, 0.25) is 0 Å². The van der Waals surface area contributed by atoms with Crippen molar-refractivity contribution in [2.75, 3.05) is 20.1 Å². The second-order valence-corrected chi connectivity index (χ2v) is 7.44. The Morgan fingerprint density at radius 2 is 1.46 bits per heavy atom. The Morgan fingerprint density at radius 3 is 1.96 bits per heavy atom. The summed E-state index contributed by atoms with van der Waals surface area (Å²) in [4.78, 5) is 14.9. The highest BCUT2D eigenvalue weighted by Gasteiger charge is 2.24. The highest BCUT2D eigenvalue weighted by Crippen LogP contribution is 2.21. The maximum atomic E-state index is 12.9. The molecule has 1 N–H and O–H groups in total. The van der Waals surface area contributed by atoms with Gasteiger partial charge in [-0.2, -0.15) is 0 Å². The molecule has 1 saturated heterocycles. The van der Waals surface area contributed by atoms with E-state index in [0.717, 1.165) is 38.8 Å². The number of nitrogens with one attached hydrogen (secondary N) is 1. The standard InChI is InChI=1S/C23H30N2O/c1-25(22-12-14-24-15-13-22)23(26)18-21(16-19-8-4-2-5-9-19)17-20-10-6-3-7-11-20/h2-11,21-22,24H,12-18H2,1H3. The Hall–Kier alpha value is -2.13. The van der Waals surface area contributed by atoms with E-state index >= 15 is 0 Å². The van der Waals surface area contributed by atoms with E-state index in [1.54, 1.807) is 0 Å². The van der Waals surface area contributed by atoms with Crippen molar-refractivity contribution in [2.45, 2.75) is 38.1 Å². The average Bonchev–Trinajstić information content (AvgIpc) is 2.69. The van der Waals surface area contributed by atoms with Gasteiger partial charge in [-0.15, -0.1) is 0 Å². The molecule has 0 aromatic heterocycles. The van der Waals surface area contributed by atoms with Crippen LogP contribution in [0.25, 0.3) is 0 Å². The first-order chi connectivity index (χ1) is 12.7. The first-order valence-electron chi connectivity index (χ1n) is 9.76. The van der Waals surface area contributed by atoms with Gasteiger partial charge >= 0.3 is 0 Å². The lowest BCUT2D eigenvalue weighted by Gasteiger charge is -2.32. The minimum atomic E-state index is 0.286. The Morgan fingerprint density at radius 1 is 0.962 bits per heavy atom. The summed E-state index contributed by atoms with van der Waals surface area (Å²) in [6.07, 6.45) is 4.63. The van der Waals surface area contributed by atoms with Crippen LogP contribution in [-0.4, -0.2) is 37.0 Å². The molecule has 1 amide bonds. The molecule has 138 valence electrons. The number of hydrogen-bond donors (Lipinski definition) is 1. The molecule has 0 unspecified atom stereocenters. The monoisotopic (exact) mass is 350 g/mol. The number of rotatable bonds is 7. The fourth-order valence-corrected chi connectivity index (χ4v) is 3.90. The highest BCUT2D eigenvalue weighted by molar-refractivity contribution is 5.76. The van der Waals surface area contributed by atoms with Crippen molar-refractivity contribution >= 4 is 5.91 Å². The summed E-state index contributed by atoms with van der Waals surface area (Å²) in [6, 6.07) is 21.5. The summed E-state index contributed by atoms with van der Waals surface area (Å²) >= 11 is 0. The van der Waals surface area contributed by atoms with Crippen molar-refractivity contribution < 1.29 is 4.79 Å².